The molecule has 0 saturated carbocycles. The average Bonchev–Trinajstić information content (AvgIpc) is 3.13. The van der Waals surface area contributed by atoms with Crippen molar-refractivity contribution >= 4 is 23.2 Å². The molecule has 6 nitrogen and oxygen atoms in total. The molecule has 2 amide bonds. The quantitative estimate of drug-likeness (QED) is 0.678. The number of methoxy groups -OCH3 is 1. The Balaban J connectivity index is 1.69. The summed E-state index contributed by atoms with van der Waals surface area (Å²) in [6, 6.07) is 10.8. The predicted molar refractivity (Wildman–Crippen MR) is 119 cm³/mol. The number of nitrogens with zero attached hydrogens (tertiary/aromatic N) is 1. The average molecular weight is 411 g/mol. The van der Waals surface area contributed by atoms with Crippen molar-refractivity contribution in [3.05, 3.63) is 47.5 Å². The van der Waals surface area contributed by atoms with Crippen molar-refractivity contribution in [2.75, 3.05) is 30.5 Å². The molecule has 0 atom stereocenters. The summed E-state index contributed by atoms with van der Waals surface area (Å²) < 4.78 is 11.2. The van der Waals surface area contributed by atoms with Gasteiger partial charge in [-0.1, -0.05) is 13.8 Å². The van der Waals surface area contributed by atoms with E-state index in [1.54, 1.807) is 25.3 Å². The van der Waals surface area contributed by atoms with Crippen LogP contribution in [-0.2, 0) is 4.79 Å². The number of ether oxygens (including phenoxy) is 2. The maximum absolute atomic E-state index is 12.7. The standard InChI is InChI=1S/C24H30N2O4/c1-16(2)11-13-30-21-10-7-18(15-22(21)29-4)24(28)25-19-8-9-20(17(3)14-19)26-12-5-6-23(26)27/h7-10,14-16H,5-6,11-13H2,1-4H3,(H,25,28). The van der Waals surface area contributed by atoms with Gasteiger partial charge in [0.1, 0.15) is 0 Å². The van der Waals surface area contributed by atoms with Crippen LogP contribution in [-0.4, -0.2) is 32.1 Å². The zero-order chi connectivity index (χ0) is 21.7. The van der Waals surface area contributed by atoms with Gasteiger partial charge in [0.15, 0.2) is 11.5 Å². The van der Waals surface area contributed by atoms with Gasteiger partial charge in [0.2, 0.25) is 5.91 Å². The molecule has 1 N–H and O–H groups in total. The largest absolute Gasteiger partial charge is 0.493 e. The van der Waals surface area contributed by atoms with E-state index in [2.05, 4.69) is 19.2 Å². The molecule has 0 radical (unpaired) electrons. The number of amides is 2. The van der Waals surface area contributed by atoms with Gasteiger partial charge in [-0.3, -0.25) is 9.59 Å². The van der Waals surface area contributed by atoms with E-state index in [1.807, 2.05) is 30.0 Å². The van der Waals surface area contributed by atoms with E-state index < -0.39 is 0 Å². The fourth-order valence-corrected chi connectivity index (χ4v) is 3.47. The second-order valence-electron chi connectivity index (χ2n) is 8.00. The number of carbonyl (C=O) groups excluding carboxylic acids is 2. The molecule has 30 heavy (non-hydrogen) atoms. The number of hydrogen-bond acceptors (Lipinski definition) is 4. The minimum atomic E-state index is -0.230. The summed E-state index contributed by atoms with van der Waals surface area (Å²) in [6.07, 6.45) is 2.43. The minimum absolute atomic E-state index is 0.151. The Labute approximate surface area is 178 Å². The molecule has 1 aliphatic rings. The van der Waals surface area contributed by atoms with Gasteiger partial charge in [-0.2, -0.15) is 0 Å². The maximum Gasteiger partial charge on any atom is 0.255 e. The summed E-state index contributed by atoms with van der Waals surface area (Å²) >= 11 is 0. The lowest BCUT2D eigenvalue weighted by molar-refractivity contribution is -0.117. The number of benzene rings is 2. The molecule has 160 valence electrons. The van der Waals surface area contributed by atoms with Gasteiger partial charge in [-0.05, 0) is 67.6 Å². The Morgan fingerprint density at radius 3 is 2.60 bits per heavy atom. The first-order valence-corrected chi connectivity index (χ1v) is 10.4. The molecule has 1 heterocycles. The molecule has 2 aromatic carbocycles. The van der Waals surface area contributed by atoms with Crippen molar-refractivity contribution in [2.24, 2.45) is 5.92 Å². The summed E-state index contributed by atoms with van der Waals surface area (Å²) in [5, 5.41) is 2.92. The fraction of sp³-hybridized carbons (Fsp3) is 0.417. The zero-order valence-electron chi connectivity index (χ0n) is 18.2. The van der Waals surface area contributed by atoms with Crippen LogP contribution in [0.3, 0.4) is 0 Å². The van der Waals surface area contributed by atoms with E-state index in [0.29, 0.717) is 41.7 Å². The first-order valence-electron chi connectivity index (χ1n) is 10.4. The summed E-state index contributed by atoms with van der Waals surface area (Å²) in [7, 11) is 1.56. The highest BCUT2D eigenvalue weighted by molar-refractivity contribution is 6.05. The summed E-state index contributed by atoms with van der Waals surface area (Å²) in [5.41, 5.74) is 3.03. The second-order valence-corrected chi connectivity index (χ2v) is 8.00. The van der Waals surface area contributed by atoms with Crippen LogP contribution in [0.25, 0.3) is 0 Å². The SMILES string of the molecule is COc1cc(C(=O)Nc2ccc(N3CCCC3=O)c(C)c2)ccc1OCCC(C)C. The van der Waals surface area contributed by atoms with Crippen LogP contribution in [0.15, 0.2) is 36.4 Å². The highest BCUT2D eigenvalue weighted by atomic mass is 16.5. The fourth-order valence-electron chi connectivity index (χ4n) is 3.47. The molecule has 1 fully saturated rings. The van der Waals surface area contributed by atoms with Crippen molar-refractivity contribution in [1.29, 1.82) is 0 Å². The van der Waals surface area contributed by atoms with Crippen LogP contribution in [0.5, 0.6) is 11.5 Å². The molecule has 3 rings (SSSR count). The van der Waals surface area contributed by atoms with Crippen LogP contribution >= 0.6 is 0 Å². The first kappa shape index (κ1) is 21.7. The van der Waals surface area contributed by atoms with Gasteiger partial charge in [0, 0.05) is 29.9 Å². The Bertz CT molecular complexity index is 923. The predicted octanol–water partition coefficient (Wildman–Crippen LogP) is 4.81. The molecule has 0 aliphatic carbocycles. The van der Waals surface area contributed by atoms with Crippen molar-refractivity contribution in [2.45, 2.75) is 40.0 Å². The molecule has 1 saturated heterocycles. The summed E-state index contributed by atoms with van der Waals surface area (Å²) in [5.74, 6) is 1.64. The highest BCUT2D eigenvalue weighted by Crippen LogP contribution is 2.30. The van der Waals surface area contributed by atoms with Gasteiger partial charge >= 0.3 is 0 Å². The number of nitrogens with one attached hydrogen (secondary N) is 1. The van der Waals surface area contributed by atoms with Crippen molar-refractivity contribution < 1.29 is 19.1 Å². The monoisotopic (exact) mass is 410 g/mol. The Morgan fingerprint density at radius 1 is 1.17 bits per heavy atom. The number of rotatable bonds is 8. The topological polar surface area (TPSA) is 67.9 Å². The third-order valence-corrected chi connectivity index (χ3v) is 5.20. The van der Waals surface area contributed by atoms with E-state index in [9.17, 15) is 9.59 Å². The van der Waals surface area contributed by atoms with Crippen LogP contribution in [0.2, 0.25) is 0 Å². The van der Waals surface area contributed by atoms with Crippen LogP contribution in [0.1, 0.15) is 49.0 Å². The number of carbonyl (C=O) groups is 2. The minimum Gasteiger partial charge on any atom is -0.493 e. The molecular weight excluding hydrogens is 380 g/mol. The van der Waals surface area contributed by atoms with Crippen molar-refractivity contribution in [1.82, 2.24) is 0 Å². The first-order chi connectivity index (χ1) is 14.4. The Morgan fingerprint density at radius 2 is 1.97 bits per heavy atom. The van der Waals surface area contributed by atoms with Gasteiger partial charge in [-0.15, -0.1) is 0 Å². The number of anilines is 2. The smallest absolute Gasteiger partial charge is 0.255 e. The van der Waals surface area contributed by atoms with Crippen LogP contribution < -0.4 is 19.7 Å². The third-order valence-electron chi connectivity index (χ3n) is 5.20. The van der Waals surface area contributed by atoms with Crippen LogP contribution in [0.4, 0.5) is 11.4 Å². The van der Waals surface area contributed by atoms with E-state index in [0.717, 1.165) is 30.6 Å². The van der Waals surface area contributed by atoms with E-state index >= 15 is 0 Å². The third kappa shape index (κ3) is 5.12. The number of aryl methyl sites for hydroxylation is 1. The van der Waals surface area contributed by atoms with E-state index in [1.165, 1.54) is 0 Å². The summed E-state index contributed by atoms with van der Waals surface area (Å²) in [4.78, 5) is 26.5. The van der Waals surface area contributed by atoms with Gasteiger partial charge in [0.25, 0.3) is 5.91 Å². The van der Waals surface area contributed by atoms with E-state index in [4.69, 9.17) is 9.47 Å². The second kappa shape index (κ2) is 9.65. The maximum atomic E-state index is 12.7. The zero-order valence-corrected chi connectivity index (χ0v) is 18.2. The highest BCUT2D eigenvalue weighted by Gasteiger charge is 2.23. The molecule has 6 heteroatoms. The molecule has 0 unspecified atom stereocenters. The molecule has 2 aromatic rings. The molecule has 1 aliphatic heterocycles. The normalized spacial score (nSPS) is 13.6. The summed E-state index contributed by atoms with van der Waals surface area (Å²) in [6.45, 7) is 7.58. The molecule has 0 aromatic heterocycles. The lowest BCUT2D eigenvalue weighted by atomic mass is 10.1. The van der Waals surface area contributed by atoms with Gasteiger partial charge in [0.05, 0.1) is 13.7 Å². The number of hydrogen-bond donors (Lipinski definition) is 1. The van der Waals surface area contributed by atoms with Gasteiger partial charge in [-0.25, -0.2) is 0 Å². The lowest BCUT2D eigenvalue weighted by Crippen LogP contribution is -2.24. The molecule has 0 spiro atoms. The Hall–Kier alpha value is -3.02. The lowest BCUT2D eigenvalue weighted by Gasteiger charge is -2.19. The van der Waals surface area contributed by atoms with Crippen molar-refractivity contribution in [3.63, 3.8) is 0 Å². The van der Waals surface area contributed by atoms with Gasteiger partial charge < -0.3 is 19.7 Å². The molecule has 0 bridgehead atoms. The molecular formula is C24H30N2O4. The Kier molecular flexibility index (Phi) is 6.98. The van der Waals surface area contributed by atoms with E-state index in [-0.39, 0.29) is 11.8 Å². The van der Waals surface area contributed by atoms with Crippen LogP contribution in [0, 0.1) is 12.8 Å². The van der Waals surface area contributed by atoms with Crippen molar-refractivity contribution in [3.8, 4) is 11.5 Å².